The summed E-state index contributed by atoms with van der Waals surface area (Å²) in [6, 6.07) is 2.59. The molecule has 0 aromatic heterocycles. The van der Waals surface area contributed by atoms with E-state index in [1.54, 1.807) is 0 Å². The Morgan fingerprint density at radius 2 is 1.93 bits per heavy atom. The average molecular weight is 427 g/mol. The molecule has 27 heavy (non-hydrogen) atoms. The first-order valence-electron chi connectivity index (χ1n) is 8.64. The molecule has 1 N–H and O–H groups in total. The van der Waals surface area contributed by atoms with Crippen molar-refractivity contribution in [2.24, 2.45) is 5.92 Å². The lowest BCUT2D eigenvalue weighted by atomic mass is 9.97. The van der Waals surface area contributed by atoms with Gasteiger partial charge in [0.2, 0.25) is 15.9 Å². The number of sulfonamides is 1. The SMILES string of the molecule is CCC(C)NC(=O)C1CCN(S(=O)(=O)c2ccc(Cl)c(C(F)(F)F)c2)CC1. The number of carbonyl (C=O) groups is 1. The monoisotopic (exact) mass is 426 g/mol. The van der Waals surface area contributed by atoms with E-state index in [-0.39, 0.29) is 31.0 Å². The standard InChI is InChI=1S/C17H22ClF3N2O3S/c1-3-11(2)22-16(24)12-6-8-23(9-7-12)27(25,26)13-4-5-15(18)14(10-13)17(19,20)21/h4-5,10-12H,3,6-9H2,1-2H3,(H,22,24). The second kappa shape index (κ2) is 8.36. The number of hydrogen-bond donors (Lipinski definition) is 1. The molecular weight excluding hydrogens is 405 g/mol. The van der Waals surface area contributed by atoms with Gasteiger partial charge >= 0.3 is 6.18 Å². The Bertz CT molecular complexity index is 791. The summed E-state index contributed by atoms with van der Waals surface area (Å²) in [4.78, 5) is 11.7. The Kier molecular flexibility index (Phi) is 6.81. The maximum atomic E-state index is 13.0. The number of alkyl halides is 3. The van der Waals surface area contributed by atoms with E-state index in [1.165, 1.54) is 0 Å². The molecule has 1 heterocycles. The van der Waals surface area contributed by atoms with Gasteiger partial charge in [0.15, 0.2) is 0 Å². The van der Waals surface area contributed by atoms with Gasteiger partial charge in [-0.1, -0.05) is 18.5 Å². The van der Waals surface area contributed by atoms with Crippen LogP contribution in [0.25, 0.3) is 0 Å². The number of nitrogens with one attached hydrogen (secondary N) is 1. The number of carbonyl (C=O) groups excluding carboxylic acids is 1. The van der Waals surface area contributed by atoms with Gasteiger partial charge in [-0.05, 0) is 44.4 Å². The highest BCUT2D eigenvalue weighted by atomic mass is 35.5. The van der Waals surface area contributed by atoms with Crippen molar-refractivity contribution in [3.8, 4) is 0 Å². The van der Waals surface area contributed by atoms with Gasteiger partial charge in [-0.2, -0.15) is 17.5 Å². The average Bonchev–Trinajstić information content (AvgIpc) is 2.60. The van der Waals surface area contributed by atoms with Gasteiger partial charge in [-0.3, -0.25) is 4.79 Å². The third kappa shape index (κ3) is 5.14. The Balaban J connectivity index is 2.13. The number of nitrogens with zero attached hydrogens (tertiary/aromatic N) is 1. The predicted molar refractivity (Wildman–Crippen MR) is 95.8 cm³/mol. The predicted octanol–water partition coefficient (Wildman–Crippen LogP) is 3.67. The molecule has 0 bridgehead atoms. The van der Waals surface area contributed by atoms with Gasteiger partial charge in [0.25, 0.3) is 0 Å². The van der Waals surface area contributed by atoms with Crippen LogP contribution in [-0.4, -0.2) is 37.8 Å². The third-order valence-corrected chi connectivity index (χ3v) is 6.93. The number of hydrogen-bond acceptors (Lipinski definition) is 3. The van der Waals surface area contributed by atoms with Crippen molar-refractivity contribution in [1.82, 2.24) is 9.62 Å². The lowest BCUT2D eigenvalue weighted by Crippen LogP contribution is -2.44. The number of piperidine rings is 1. The summed E-state index contributed by atoms with van der Waals surface area (Å²) in [5.74, 6) is -0.423. The Morgan fingerprint density at radius 3 is 2.44 bits per heavy atom. The van der Waals surface area contributed by atoms with Crippen molar-refractivity contribution >= 4 is 27.5 Å². The molecule has 0 saturated carbocycles. The molecule has 0 aliphatic carbocycles. The molecular formula is C17H22ClF3N2O3S. The van der Waals surface area contributed by atoms with Crippen molar-refractivity contribution in [2.75, 3.05) is 13.1 Å². The van der Waals surface area contributed by atoms with Crippen molar-refractivity contribution in [3.63, 3.8) is 0 Å². The maximum absolute atomic E-state index is 13.0. The van der Waals surface area contributed by atoms with Gasteiger partial charge < -0.3 is 5.32 Å². The minimum absolute atomic E-state index is 0.0362. The van der Waals surface area contributed by atoms with Gasteiger partial charge in [0, 0.05) is 25.0 Å². The second-order valence-electron chi connectivity index (χ2n) is 6.64. The van der Waals surface area contributed by atoms with E-state index in [0.717, 1.165) is 22.9 Å². The van der Waals surface area contributed by atoms with Gasteiger partial charge in [0.1, 0.15) is 0 Å². The van der Waals surface area contributed by atoms with Crippen LogP contribution in [0.1, 0.15) is 38.7 Å². The minimum atomic E-state index is -4.75. The Morgan fingerprint density at radius 1 is 1.33 bits per heavy atom. The molecule has 0 radical (unpaired) electrons. The molecule has 1 atom stereocenters. The molecule has 1 aromatic carbocycles. The molecule has 1 aliphatic heterocycles. The van der Waals surface area contributed by atoms with E-state index in [0.29, 0.717) is 18.9 Å². The van der Waals surface area contributed by atoms with Gasteiger partial charge in [-0.25, -0.2) is 8.42 Å². The second-order valence-corrected chi connectivity index (χ2v) is 8.98. The highest BCUT2D eigenvalue weighted by molar-refractivity contribution is 7.89. The molecule has 1 aliphatic rings. The molecule has 5 nitrogen and oxygen atoms in total. The molecule has 2 rings (SSSR count). The molecule has 1 saturated heterocycles. The van der Waals surface area contributed by atoms with Crippen molar-refractivity contribution < 1.29 is 26.4 Å². The molecule has 1 fully saturated rings. The van der Waals surface area contributed by atoms with Crippen molar-refractivity contribution in [3.05, 3.63) is 28.8 Å². The fraction of sp³-hybridized carbons (Fsp3) is 0.588. The van der Waals surface area contributed by atoms with E-state index in [1.807, 2.05) is 13.8 Å². The fourth-order valence-corrected chi connectivity index (χ4v) is 4.57. The summed E-state index contributed by atoms with van der Waals surface area (Å²) in [6.07, 6.45) is -3.32. The zero-order chi connectivity index (χ0) is 20.4. The van der Waals surface area contributed by atoms with Crippen molar-refractivity contribution in [1.29, 1.82) is 0 Å². The van der Waals surface area contributed by atoms with E-state index in [4.69, 9.17) is 11.6 Å². The van der Waals surface area contributed by atoms with Crippen LogP contribution in [0.3, 0.4) is 0 Å². The molecule has 0 spiro atoms. The van der Waals surface area contributed by atoms with Crippen LogP contribution in [0.4, 0.5) is 13.2 Å². The molecule has 1 amide bonds. The van der Waals surface area contributed by atoms with E-state index < -0.39 is 31.7 Å². The summed E-state index contributed by atoms with van der Waals surface area (Å²) in [5, 5.41) is 2.31. The van der Waals surface area contributed by atoms with Crippen LogP contribution in [-0.2, 0) is 21.0 Å². The first-order valence-corrected chi connectivity index (χ1v) is 10.5. The maximum Gasteiger partial charge on any atom is 0.417 e. The highest BCUT2D eigenvalue weighted by Crippen LogP contribution is 2.36. The summed E-state index contributed by atoms with van der Waals surface area (Å²) in [7, 11) is -4.10. The topological polar surface area (TPSA) is 66.5 Å². The number of rotatable bonds is 5. The molecule has 152 valence electrons. The first kappa shape index (κ1) is 22.0. The van der Waals surface area contributed by atoms with Gasteiger partial charge in [0.05, 0.1) is 15.5 Å². The molecule has 1 aromatic rings. The number of benzene rings is 1. The Labute approximate surface area is 161 Å². The van der Waals surface area contributed by atoms with Crippen LogP contribution < -0.4 is 5.32 Å². The normalized spacial score (nSPS) is 18.3. The Hall–Kier alpha value is -1.32. The zero-order valence-corrected chi connectivity index (χ0v) is 16.6. The zero-order valence-electron chi connectivity index (χ0n) is 15.0. The quantitative estimate of drug-likeness (QED) is 0.781. The molecule has 10 heteroatoms. The molecule has 1 unspecified atom stereocenters. The largest absolute Gasteiger partial charge is 0.417 e. The van der Waals surface area contributed by atoms with E-state index in [2.05, 4.69) is 5.32 Å². The summed E-state index contributed by atoms with van der Waals surface area (Å²) >= 11 is 5.55. The summed E-state index contributed by atoms with van der Waals surface area (Å²) < 4.78 is 65.5. The van der Waals surface area contributed by atoms with Crippen LogP contribution >= 0.6 is 11.6 Å². The number of amides is 1. The summed E-state index contributed by atoms with van der Waals surface area (Å²) in [6.45, 7) is 3.98. The van der Waals surface area contributed by atoms with Gasteiger partial charge in [-0.15, -0.1) is 0 Å². The van der Waals surface area contributed by atoms with Crippen LogP contribution in [0.2, 0.25) is 5.02 Å². The highest BCUT2D eigenvalue weighted by Gasteiger charge is 2.37. The minimum Gasteiger partial charge on any atom is -0.353 e. The van der Waals surface area contributed by atoms with Crippen LogP contribution in [0, 0.1) is 5.92 Å². The summed E-state index contributed by atoms with van der Waals surface area (Å²) in [5.41, 5.74) is -1.19. The fourth-order valence-electron chi connectivity index (χ4n) is 2.85. The van der Waals surface area contributed by atoms with Crippen LogP contribution in [0.5, 0.6) is 0 Å². The number of halogens is 4. The third-order valence-electron chi connectivity index (χ3n) is 4.71. The van der Waals surface area contributed by atoms with Crippen LogP contribution in [0.15, 0.2) is 23.1 Å². The van der Waals surface area contributed by atoms with E-state index in [9.17, 15) is 26.4 Å². The first-order chi connectivity index (χ1) is 12.5. The lowest BCUT2D eigenvalue weighted by molar-refractivity contribution is -0.137. The lowest BCUT2D eigenvalue weighted by Gasteiger charge is -2.31. The van der Waals surface area contributed by atoms with E-state index >= 15 is 0 Å². The van der Waals surface area contributed by atoms with Crippen molar-refractivity contribution in [2.45, 2.75) is 50.2 Å². The smallest absolute Gasteiger partial charge is 0.353 e.